The Morgan fingerprint density at radius 1 is 0.900 bits per heavy atom. The van der Waals surface area contributed by atoms with Crippen LogP contribution in [0.1, 0.15) is 41.2 Å². The number of hydrogen-bond donors (Lipinski definition) is 1. The average Bonchev–Trinajstić information content (AvgIpc) is 2.71. The summed E-state index contributed by atoms with van der Waals surface area (Å²) in [6.07, 6.45) is -0.393. The van der Waals surface area contributed by atoms with E-state index in [0.29, 0.717) is 18.0 Å². The van der Waals surface area contributed by atoms with Gasteiger partial charge in [0.1, 0.15) is 0 Å². The van der Waals surface area contributed by atoms with Gasteiger partial charge in [-0.15, -0.1) is 0 Å². The Morgan fingerprint density at radius 3 is 1.90 bits per heavy atom. The summed E-state index contributed by atoms with van der Waals surface area (Å²) in [5.41, 5.74) is 4.70. The third-order valence-corrected chi connectivity index (χ3v) is 8.18. The molecule has 2 rings (SSSR count). The van der Waals surface area contributed by atoms with E-state index >= 15 is 0 Å². The molecule has 30 heavy (non-hydrogen) atoms. The monoisotopic (exact) mass is 439 g/mol. The van der Waals surface area contributed by atoms with E-state index in [4.69, 9.17) is 4.74 Å². The van der Waals surface area contributed by atoms with Crippen LogP contribution in [0.3, 0.4) is 0 Å². The van der Waals surface area contributed by atoms with Crippen molar-refractivity contribution in [3.05, 3.63) is 27.8 Å². The standard InChI is InChI=1S/C21H33N3O5S/c1-7-29-21(26)22-9-8-19(25)23-10-12-24(13-11-23)30(27,28)20-17(5)15(3)14(2)16(4)18(20)6/h7-13H2,1-6H3,(H,22,26). The van der Waals surface area contributed by atoms with E-state index in [-0.39, 0.29) is 38.6 Å². The lowest BCUT2D eigenvalue weighted by molar-refractivity contribution is -0.132. The molecule has 1 aromatic carbocycles. The molecule has 0 radical (unpaired) electrons. The predicted molar refractivity (Wildman–Crippen MR) is 115 cm³/mol. The predicted octanol–water partition coefficient (Wildman–Crippen LogP) is 2.20. The highest BCUT2D eigenvalue weighted by atomic mass is 32.2. The summed E-state index contributed by atoms with van der Waals surface area (Å²) >= 11 is 0. The van der Waals surface area contributed by atoms with Gasteiger partial charge in [0.2, 0.25) is 15.9 Å². The van der Waals surface area contributed by atoms with Gasteiger partial charge in [0, 0.05) is 39.1 Å². The number of carbonyl (C=O) groups is 2. The molecule has 8 nitrogen and oxygen atoms in total. The van der Waals surface area contributed by atoms with Crippen LogP contribution >= 0.6 is 0 Å². The van der Waals surface area contributed by atoms with E-state index in [0.717, 1.165) is 27.8 Å². The molecule has 1 fully saturated rings. The molecule has 0 unspecified atom stereocenters. The molecule has 2 amide bonds. The summed E-state index contributed by atoms with van der Waals surface area (Å²) < 4.78 is 33.0. The zero-order valence-corrected chi connectivity index (χ0v) is 19.6. The van der Waals surface area contributed by atoms with Gasteiger partial charge in [-0.1, -0.05) is 0 Å². The molecule has 0 atom stereocenters. The summed E-state index contributed by atoms with van der Waals surface area (Å²) in [6.45, 7) is 13.0. The Hall–Kier alpha value is -2.13. The van der Waals surface area contributed by atoms with Gasteiger partial charge in [-0.05, 0) is 69.4 Å². The Labute approximate surface area is 179 Å². The molecule has 168 valence electrons. The first kappa shape index (κ1) is 24.1. The van der Waals surface area contributed by atoms with Crippen LogP contribution in [0.15, 0.2) is 4.90 Å². The second-order valence-electron chi connectivity index (χ2n) is 7.64. The number of carbonyl (C=O) groups excluding carboxylic acids is 2. The number of hydrogen-bond acceptors (Lipinski definition) is 5. The highest BCUT2D eigenvalue weighted by molar-refractivity contribution is 7.89. The van der Waals surface area contributed by atoms with Crippen LogP contribution in [-0.2, 0) is 19.6 Å². The van der Waals surface area contributed by atoms with Crippen molar-refractivity contribution >= 4 is 22.0 Å². The molecule has 9 heteroatoms. The van der Waals surface area contributed by atoms with Gasteiger partial charge in [-0.2, -0.15) is 4.31 Å². The van der Waals surface area contributed by atoms with Crippen molar-refractivity contribution in [3.63, 3.8) is 0 Å². The number of alkyl carbamates (subject to hydrolysis) is 1. The highest BCUT2D eigenvalue weighted by Gasteiger charge is 2.33. The maximum atomic E-state index is 13.4. The minimum Gasteiger partial charge on any atom is -0.450 e. The zero-order chi connectivity index (χ0) is 22.6. The molecule has 1 saturated heterocycles. The number of nitrogens with zero attached hydrogens (tertiary/aromatic N) is 2. The van der Waals surface area contributed by atoms with Crippen molar-refractivity contribution in [1.82, 2.24) is 14.5 Å². The van der Waals surface area contributed by atoms with Crippen LogP contribution in [0.4, 0.5) is 4.79 Å². The van der Waals surface area contributed by atoms with E-state index in [2.05, 4.69) is 5.32 Å². The summed E-state index contributed by atoms with van der Waals surface area (Å²) in [4.78, 5) is 25.7. The second kappa shape index (κ2) is 9.78. The van der Waals surface area contributed by atoms with Gasteiger partial charge in [0.05, 0.1) is 11.5 Å². The maximum Gasteiger partial charge on any atom is 0.407 e. The van der Waals surface area contributed by atoms with E-state index in [9.17, 15) is 18.0 Å². The number of ether oxygens (including phenoxy) is 1. The number of piperazine rings is 1. The van der Waals surface area contributed by atoms with Gasteiger partial charge < -0.3 is 15.0 Å². The largest absolute Gasteiger partial charge is 0.450 e. The van der Waals surface area contributed by atoms with Crippen LogP contribution in [0.2, 0.25) is 0 Å². The lowest BCUT2D eigenvalue weighted by Crippen LogP contribution is -2.51. The van der Waals surface area contributed by atoms with E-state index in [1.54, 1.807) is 11.8 Å². The topological polar surface area (TPSA) is 96.0 Å². The summed E-state index contributed by atoms with van der Waals surface area (Å²) in [5, 5.41) is 2.52. The molecule has 1 aliphatic rings. The highest BCUT2D eigenvalue weighted by Crippen LogP contribution is 2.31. The van der Waals surface area contributed by atoms with Gasteiger partial charge in [-0.3, -0.25) is 4.79 Å². The van der Waals surface area contributed by atoms with E-state index in [1.165, 1.54) is 4.31 Å². The molecule has 0 aliphatic carbocycles. The SMILES string of the molecule is CCOC(=O)NCCC(=O)N1CCN(S(=O)(=O)c2c(C)c(C)c(C)c(C)c2C)CC1. The molecule has 0 aromatic heterocycles. The Balaban J connectivity index is 2.05. The molecule has 1 heterocycles. The van der Waals surface area contributed by atoms with E-state index < -0.39 is 16.1 Å². The first-order chi connectivity index (χ1) is 14.0. The Kier molecular flexibility index (Phi) is 7.87. The minimum atomic E-state index is -3.65. The molecular formula is C21H33N3O5S. The zero-order valence-electron chi connectivity index (χ0n) is 18.8. The maximum absolute atomic E-state index is 13.4. The second-order valence-corrected chi connectivity index (χ2v) is 9.51. The number of amides is 2. The fraction of sp³-hybridized carbons (Fsp3) is 0.619. The number of benzene rings is 1. The smallest absolute Gasteiger partial charge is 0.407 e. The summed E-state index contributed by atoms with van der Waals surface area (Å²) in [6, 6.07) is 0. The number of nitrogens with one attached hydrogen (secondary N) is 1. The minimum absolute atomic E-state index is 0.113. The fourth-order valence-electron chi connectivity index (χ4n) is 3.77. The van der Waals surface area contributed by atoms with Crippen LogP contribution in [0.5, 0.6) is 0 Å². The van der Waals surface area contributed by atoms with Crippen molar-refractivity contribution < 1.29 is 22.7 Å². The van der Waals surface area contributed by atoms with Crippen LogP contribution in [0, 0.1) is 34.6 Å². The first-order valence-corrected chi connectivity index (χ1v) is 11.7. The van der Waals surface area contributed by atoms with Gasteiger partial charge >= 0.3 is 6.09 Å². The normalized spacial score (nSPS) is 15.2. The lowest BCUT2D eigenvalue weighted by atomic mass is 9.95. The quantitative estimate of drug-likeness (QED) is 0.733. The Bertz CT molecular complexity index is 890. The van der Waals surface area contributed by atoms with Gasteiger partial charge in [0.15, 0.2) is 0 Å². The van der Waals surface area contributed by atoms with Gasteiger partial charge in [-0.25, -0.2) is 13.2 Å². The number of sulfonamides is 1. The molecule has 1 aromatic rings. The van der Waals surface area contributed by atoms with Crippen LogP contribution in [0.25, 0.3) is 0 Å². The van der Waals surface area contributed by atoms with Crippen molar-refractivity contribution in [1.29, 1.82) is 0 Å². The summed E-state index contributed by atoms with van der Waals surface area (Å²) in [5.74, 6) is -0.113. The fourth-order valence-corrected chi connectivity index (χ4v) is 5.75. The molecular weight excluding hydrogens is 406 g/mol. The number of rotatable bonds is 6. The van der Waals surface area contributed by atoms with Crippen LogP contribution < -0.4 is 5.32 Å². The lowest BCUT2D eigenvalue weighted by Gasteiger charge is -2.35. The van der Waals surface area contributed by atoms with Crippen LogP contribution in [-0.4, -0.2) is 69.0 Å². The molecule has 0 bridgehead atoms. The molecule has 0 spiro atoms. The molecule has 0 saturated carbocycles. The van der Waals surface area contributed by atoms with Crippen molar-refractivity contribution in [2.45, 2.75) is 52.9 Å². The third kappa shape index (κ3) is 4.95. The summed E-state index contributed by atoms with van der Waals surface area (Å²) in [7, 11) is -3.65. The van der Waals surface area contributed by atoms with Crippen molar-refractivity contribution in [2.75, 3.05) is 39.3 Å². The van der Waals surface area contributed by atoms with Crippen molar-refractivity contribution in [2.24, 2.45) is 0 Å². The third-order valence-electron chi connectivity index (χ3n) is 6.00. The molecule has 1 N–H and O–H groups in total. The van der Waals surface area contributed by atoms with Gasteiger partial charge in [0.25, 0.3) is 0 Å². The Morgan fingerprint density at radius 2 is 1.40 bits per heavy atom. The van der Waals surface area contributed by atoms with Crippen molar-refractivity contribution in [3.8, 4) is 0 Å². The average molecular weight is 440 g/mol. The van der Waals surface area contributed by atoms with E-state index in [1.807, 2.05) is 34.6 Å². The first-order valence-electron chi connectivity index (χ1n) is 10.3. The molecule has 1 aliphatic heterocycles.